The fraction of sp³-hybridized carbons (Fsp3) is 0.615. The van der Waals surface area contributed by atoms with Gasteiger partial charge in [-0.1, -0.05) is 6.92 Å². The minimum Gasteiger partial charge on any atom is -0.480 e. The van der Waals surface area contributed by atoms with Crippen LogP contribution >= 0.6 is 0 Å². The minimum atomic E-state index is -0.880. The van der Waals surface area contributed by atoms with Gasteiger partial charge in [0.15, 0.2) is 11.7 Å². The van der Waals surface area contributed by atoms with Gasteiger partial charge in [-0.15, -0.1) is 0 Å². The zero-order chi connectivity index (χ0) is 13.3. The van der Waals surface area contributed by atoms with Crippen LogP contribution in [-0.4, -0.2) is 23.7 Å². The van der Waals surface area contributed by atoms with E-state index < -0.39 is 23.7 Å². The Morgan fingerprint density at radius 3 is 2.89 bits per heavy atom. The molecule has 3 nitrogen and oxygen atoms in total. The van der Waals surface area contributed by atoms with Gasteiger partial charge in [0.25, 0.3) is 0 Å². The fourth-order valence-electron chi connectivity index (χ4n) is 2.70. The molecule has 1 saturated heterocycles. The highest BCUT2D eigenvalue weighted by molar-refractivity contribution is 5.73. The average molecular weight is 257 g/mol. The molecule has 1 unspecified atom stereocenters. The Balaban J connectivity index is 2.00. The maximum Gasteiger partial charge on any atom is 0.320 e. The van der Waals surface area contributed by atoms with Gasteiger partial charge in [-0.05, 0) is 49.3 Å². The lowest BCUT2D eigenvalue weighted by Gasteiger charge is -2.19. The maximum absolute atomic E-state index is 13.6. The van der Waals surface area contributed by atoms with Crippen molar-refractivity contribution < 1.29 is 18.7 Å². The molecule has 0 amide bonds. The van der Waals surface area contributed by atoms with E-state index in [0.717, 1.165) is 0 Å². The second-order valence-electron chi connectivity index (χ2n) is 5.22. The van der Waals surface area contributed by atoms with Gasteiger partial charge in [-0.2, -0.15) is 0 Å². The van der Waals surface area contributed by atoms with Crippen molar-refractivity contribution in [3.63, 3.8) is 0 Å². The van der Waals surface area contributed by atoms with Crippen LogP contribution in [0.1, 0.15) is 26.2 Å². The van der Waals surface area contributed by atoms with Gasteiger partial charge in [0.05, 0.1) is 0 Å². The van der Waals surface area contributed by atoms with Gasteiger partial charge in [0, 0.05) is 0 Å². The first-order chi connectivity index (χ1) is 8.47. The number of carboxylic acid groups (broad SMARTS) is 1. The summed E-state index contributed by atoms with van der Waals surface area (Å²) in [5, 5.41) is 11.7. The van der Waals surface area contributed by atoms with Gasteiger partial charge in [0.2, 0.25) is 0 Å². The van der Waals surface area contributed by atoms with Crippen LogP contribution in [0.25, 0.3) is 0 Å². The number of hydrogen-bond acceptors (Lipinski definition) is 2. The first-order valence-electron chi connectivity index (χ1n) is 6.18. The number of carbonyl (C=O) groups is 1. The van der Waals surface area contributed by atoms with Crippen LogP contribution in [0.5, 0.6) is 0 Å². The molecule has 1 heterocycles. The topological polar surface area (TPSA) is 49.3 Å². The number of halogens is 2. The molecule has 1 aliphatic carbocycles. The van der Waals surface area contributed by atoms with E-state index in [4.69, 9.17) is 5.11 Å². The van der Waals surface area contributed by atoms with Crippen LogP contribution in [0.2, 0.25) is 0 Å². The molecule has 1 aliphatic heterocycles. The van der Waals surface area contributed by atoms with Crippen molar-refractivity contribution >= 4 is 5.97 Å². The van der Waals surface area contributed by atoms with E-state index in [2.05, 4.69) is 5.32 Å². The minimum absolute atomic E-state index is 0.00383. The molecule has 0 aromatic heterocycles. The van der Waals surface area contributed by atoms with Crippen molar-refractivity contribution in [3.05, 3.63) is 23.3 Å². The van der Waals surface area contributed by atoms with Gasteiger partial charge in [-0.25, -0.2) is 8.78 Å². The number of allylic oxidation sites excluding steroid dienone is 4. The molecule has 5 heteroatoms. The Labute approximate surface area is 105 Å². The molecular formula is C13H17F2NO2. The van der Waals surface area contributed by atoms with Crippen LogP contribution in [0, 0.1) is 11.8 Å². The molecule has 0 saturated carbocycles. The quantitative estimate of drug-likeness (QED) is 0.817. The van der Waals surface area contributed by atoms with E-state index in [-0.39, 0.29) is 11.8 Å². The Morgan fingerprint density at radius 2 is 2.28 bits per heavy atom. The number of hydrogen-bond donors (Lipinski definition) is 2. The van der Waals surface area contributed by atoms with Crippen LogP contribution in [-0.2, 0) is 4.79 Å². The third kappa shape index (κ3) is 2.77. The van der Waals surface area contributed by atoms with Crippen molar-refractivity contribution in [3.8, 4) is 0 Å². The largest absolute Gasteiger partial charge is 0.480 e. The van der Waals surface area contributed by atoms with Crippen molar-refractivity contribution in [1.82, 2.24) is 5.32 Å². The second-order valence-corrected chi connectivity index (χ2v) is 5.22. The second kappa shape index (κ2) is 5.18. The summed E-state index contributed by atoms with van der Waals surface area (Å²) in [6.45, 7) is 2.40. The Morgan fingerprint density at radius 1 is 1.56 bits per heavy atom. The lowest BCUT2D eigenvalue weighted by atomic mass is 9.87. The molecule has 3 atom stereocenters. The molecule has 0 radical (unpaired) electrons. The predicted molar refractivity (Wildman–Crippen MR) is 63.3 cm³/mol. The molecule has 0 spiro atoms. The highest BCUT2D eigenvalue weighted by Crippen LogP contribution is 2.35. The summed E-state index contributed by atoms with van der Waals surface area (Å²) in [6.07, 6.45) is 2.74. The molecule has 0 aromatic rings. The molecule has 0 bridgehead atoms. The SMILES string of the molecule is CC1C=C(F)C(F)=C(C[C@@H]2CN[C@H](C(=O)O)C2)C1. The van der Waals surface area contributed by atoms with Crippen molar-refractivity contribution in [1.29, 1.82) is 0 Å². The Bertz CT molecular complexity index is 417. The van der Waals surface area contributed by atoms with Crippen LogP contribution in [0.15, 0.2) is 23.3 Å². The molecular weight excluding hydrogens is 240 g/mol. The van der Waals surface area contributed by atoms with Gasteiger partial charge in [0.1, 0.15) is 6.04 Å². The van der Waals surface area contributed by atoms with Gasteiger partial charge in [-0.3, -0.25) is 4.79 Å². The maximum atomic E-state index is 13.6. The summed E-state index contributed by atoms with van der Waals surface area (Å²) < 4.78 is 26.9. The van der Waals surface area contributed by atoms with E-state index in [1.54, 1.807) is 0 Å². The molecule has 0 aromatic carbocycles. The summed E-state index contributed by atoms with van der Waals surface area (Å²) in [6, 6.07) is -0.555. The Kier molecular flexibility index (Phi) is 3.80. The smallest absolute Gasteiger partial charge is 0.320 e. The number of rotatable bonds is 3. The van der Waals surface area contributed by atoms with Crippen molar-refractivity contribution in [2.45, 2.75) is 32.2 Å². The van der Waals surface area contributed by atoms with Crippen LogP contribution in [0.4, 0.5) is 8.78 Å². The normalized spacial score (nSPS) is 32.6. The monoisotopic (exact) mass is 257 g/mol. The van der Waals surface area contributed by atoms with Gasteiger partial charge >= 0.3 is 5.97 Å². The van der Waals surface area contributed by atoms with E-state index in [9.17, 15) is 13.6 Å². The first-order valence-corrected chi connectivity index (χ1v) is 6.18. The highest BCUT2D eigenvalue weighted by Gasteiger charge is 2.31. The van der Waals surface area contributed by atoms with E-state index in [1.165, 1.54) is 6.08 Å². The first kappa shape index (κ1) is 13.2. The fourth-order valence-corrected chi connectivity index (χ4v) is 2.70. The third-order valence-electron chi connectivity index (χ3n) is 3.57. The summed E-state index contributed by atoms with van der Waals surface area (Å²) in [7, 11) is 0. The lowest BCUT2D eigenvalue weighted by molar-refractivity contribution is -0.139. The number of carboxylic acids is 1. The molecule has 2 rings (SSSR count). The van der Waals surface area contributed by atoms with Crippen LogP contribution in [0.3, 0.4) is 0 Å². The molecule has 100 valence electrons. The van der Waals surface area contributed by atoms with Crippen LogP contribution < -0.4 is 5.32 Å². The number of aliphatic carboxylic acids is 1. The van der Waals surface area contributed by atoms with E-state index >= 15 is 0 Å². The van der Waals surface area contributed by atoms with E-state index in [1.807, 2.05) is 6.92 Å². The molecule has 2 aliphatic rings. The van der Waals surface area contributed by atoms with Crippen molar-refractivity contribution in [2.75, 3.05) is 6.54 Å². The van der Waals surface area contributed by atoms with Crippen molar-refractivity contribution in [2.24, 2.45) is 11.8 Å². The van der Waals surface area contributed by atoms with E-state index in [0.29, 0.717) is 31.4 Å². The summed E-state index contributed by atoms with van der Waals surface area (Å²) in [4.78, 5) is 10.8. The zero-order valence-corrected chi connectivity index (χ0v) is 10.2. The van der Waals surface area contributed by atoms with Gasteiger partial charge < -0.3 is 10.4 Å². The average Bonchev–Trinajstić information content (AvgIpc) is 2.74. The molecule has 18 heavy (non-hydrogen) atoms. The summed E-state index contributed by atoms with van der Waals surface area (Å²) >= 11 is 0. The highest BCUT2D eigenvalue weighted by atomic mass is 19.2. The summed E-state index contributed by atoms with van der Waals surface area (Å²) in [5.41, 5.74) is 0.486. The third-order valence-corrected chi connectivity index (χ3v) is 3.57. The summed E-state index contributed by atoms with van der Waals surface area (Å²) in [5.74, 6) is -2.32. The standard InChI is InChI=1S/C13H17F2NO2/c1-7-2-9(12(15)10(14)3-7)4-8-5-11(13(17)18)16-6-8/h3,7-8,11,16H,2,4-6H2,1H3,(H,17,18)/t7?,8-,11-/m0/s1. The lowest BCUT2D eigenvalue weighted by Crippen LogP contribution is -2.29. The Hall–Kier alpha value is -1.23. The predicted octanol–water partition coefficient (Wildman–Crippen LogP) is 2.56. The zero-order valence-electron chi connectivity index (χ0n) is 10.2. The number of nitrogens with one attached hydrogen (secondary N) is 1. The molecule has 2 N–H and O–H groups in total. The molecule has 1 fully saturated rings.